The van der Waals surface area contributed by atoms with Gasteiger partial charge in [-0.15, -0.1) is 0 Å². The van der Waals surface area contributed by atoms with Crippen molar-refractivity contribution in [1.82, 2.24) is 10.2 Å². The van der Waals surface area contributed by atoms with Crippen molar-refractivity contribution in [2.75, 3.05) is 13.1 Å². The number of piperidine rings is 1. The Morgan fingerprint density at radius 2 is 1.93 bits per heavy atom. The second kappa shape index (κ2) is 8.56. The van der Waals surface area contributed by atoms with Crippen LogP contribution in [-0.4, -0.2) is 29.5 Å². The van der Waals surface area contributed by atoms with Crippen LogP contribution in [0.1, 0.15) is 50.3 Å². The molecule has 0 bridgehead atoms. The Morgan fingerprint density at radius 1 is 1.20 bits per heavy atom. The van der Waals surface area contributed by atoms with Crippen molar-refractivity contribution < 1.29 is 13.9 Å². The summed E-state index contributed by atoms with van der Waals surface area (Å²) in [6.07, 6.45) is 2.25. The fourth-order valence-corrected chi connectivity index (χ4v) is 4.70. The molecule has 0 aliphatic carbocycles. The van der Waals surface area contributed by atoms with Crippen LogP contribution in [0.25, 0.3) is 0 Å². The number of hydrogen-bond acceptors (Lipinski definition) is 3. The number of fused-ring (bicyclic) bond motifs is 1. The first kappa shape index (κ1) is 21.1. The predicted octanol–water partition coefficient (Wildman–Crippen LogP) is 5.11. The maximum absolute atomic E-state index is 14.1. The first-order valence-electron chi connectivity index (χ1n) is 10.6. The van der Waals surface area contributed by atoms with Crippen LogP contribution < -0.4 is 10.1 Å². The van der Waals surface area contributed by atoms with Crippen LogP contribution in [0.4, 0.5) is 4.39 Å². The van der Waals surface area contributed by atoms with E-state index < -0.39 is 0 Å². The standard InChI is InChI=1S/C24H28ClFN2O2/c1-24(2)14-21(17-6-3-4-9-22(17)30-24)27-23(29)16-10-12-28(13-11-16)15-18-19(25)7-5-8-20(18)26/h3-9,16,21H,10-15H2,1-2H3,(H,27,29). The van der Waals surface area contributed by atoms with Crippen LogP contribution in [-0.2, 0) is 11.3 Å². The number of carbonyl (C=O) groups is 1. The monoisotopic (exact) mass is 430 g/mol. The molecule has 2 aromatic carbocycles. The number of nitrogens with one attached hydrogen (secondary N) is 1. The Bertz CT molecular complexity index is 905. The molecule has 1 unspecified atom stereocenters. The molecular formula is C24H28ClFN2O2. The molecule has 4 nitrogen and oxygen atoms in total. The Labute approximate surface area is 182 Å². The van der Waals surface area contributed by atoms with Crippen molar-refractivity contribution in [2.45, 2.75) is 51.3 Å². The quantitative estimate of drug-likeness (QED) is 0.732. The largest absolute Gasteiger partial charge is 0.487 e. The highest BCUT2D eigenvalue weighted by Crippen LogP contribution is 2.39. The van der Waals surface area contributed by atoms with E-state index in [1.807, 2.05) is 24.3 Å². The summed E-state index contributed by atoms with van der Waals surface area (Å²) in [6, 6.07) is 12.6. The summed E-state index contributed by atoms with van der Waals surface area (Å²) in [5.74, 6) is 0.630. The van der Waals surface area contributed by atoms with Crippen molar-refractivity contribution in [3.63, 3.8) is 0 Å². The molecule has 0 spiro atoms. The molecule has 1 fully saturated rings. The second-order valence-electron chi connectivity index (χ2n) is 8.92. The molecule has 160 valence electrons. The average molecular weight is 431 g/mol. The van der Waals surface area contributed by atoms with Gasteiger partial charge in [0.05, 0.1) is 6.04 Å². The third kappa shape index (κ3) is 4.62. The number of likely N-dealkylation sites (tertiary alicyclic amines) is 1. The van der Waals surface area contributed by atoms with Gasteiger partial charge < -0.3 is 10.1 Å². The predicted molar refractivity (Wildman–Crippen MR) is 116 cm³/mol. The van der Waals surface area contributed by atoms with E-state index in [0.717, 1.165) is 43.7 Å². The molecule has 2 aliphatic heterocycles. The Morgan fingerprint density at radius 3 is 2.67 bits per heavy atom. The topological polar surface area (TPSA) is 41.6 Å². The minimum absolute atomic E-state index is 0.0320. The smallest absolute Gasteiger partial charge is 0.223 e. The van der Waals surface area contributed by atoms with Crippen LogP contribution in [0.5, 0.6) is 5.75 Å². The molecule has 1 saturated heterocycles. The van der Waals surface area contributed by atoms with Gasteiger partial charge in [-0.2, -0.15) is 0 Å². The van der Waals surface area contributed by atoms with Gasteiger partial charge in [-0.3, -0.25) is 9.69 Å². The summed E-state index contributed by atoms with van der Waals surface area (Å²) in [6.45, 7) is 6.07. The Kier molecular flexibility index (Phi) is 6.03. The van der Waals surface area contributed by atoms with E-state index in [0.29, 0.717) is 17.1 Å². The lowest BCUT2D eigenvalue weighted by molar-refractivity contribution is -0.127. The van der Waals surface area contributed by atoms with Gasteiger partial charge in [0.25, 0.3) is 0 Å². The van der Waals surface area contributed by atoms with Crippen LogP contribution in [0.2, 0.25) is 5.02 Å². The van der Waals surface area contributed by atoms with E-state index >= 15 is 0 Å². The molecule has 0 saturated carbocycles. The summed E-state index contributed by atoms with van der Waals surface area (Å²) in [5, 5.41) is 3.72. The van der Waals surface area contributed by atoms with E-state index in [1.165, 1.54) is 6.07 Å². The normalized spacial score (nSPS) is 21.5. The number of nitrogens with zero attached hydrogens (tertiary/aromatic N) is 1. The van der Waals surface area contributed by atoms with Crippen molar-refractivity contribution in [3.05, 3.63) is 64.4 Å². The summed E-state index contributed by atoms with van der Waals surface area (Å²) in [5.41, 5.74) is 1.24. The van der Waals surface area contributed by atoms with Crippen LogP contribution in [0.3, 0.4) is 0 Å². The molecule has 2 aliphatic rings. The first-order valence-corrected chi connectivity index (χ1v) is 10.9. The minimum atomic E-state index is -0.325. The number of para-hydroxylation sites is 1. The van der Waals surface area contributed by atoms with Gasteiger partial charge in [-0.1, -0.05) is 35.9 Å². The van der Waals surface area contributed by atoms with E-state index in [-0.39, 0.29) is 29.3 Å². The maximum atomic E-state index is 14.1. The molecular weight excluding hydrogens is 403 g/mol. The van der Waals surface area contributed by atoms with Crippen molar-refractivity contribution in [1.29, 1.82) is 0 Å². The lowest BCUT2D eigenvalue weighted by atomic mass is 9.88. The third-order valence-electron chi connectivity index (χ3n) is 6.09. The van der Waals surface area contributed by atoms with Crippen molar-refractivity contribution in [2.24, 2.45) is 5.92 Å². The van der Waals surface area contributed by atoms with Gasteiger partial charge in [-0.05, 0) is 58.0 Å². The van der Waals surface area contributed by atoms with E-state index in [2.05, 4.69) is 24.1 Å². The fourth-order valence-electron chi connectivity index (χ4n) is 4.48. The lowest BCUT2D eigenvalue weighted by Crippen LogP contribution is -2.45. The first-order chi connectivity index (χ1) is 14.3. The molecule has 0 aromatic heterocycles. The molecule has 30 heavy (non-hydrogen) atoms. The van der Waals surface area contributed by atoms with E-state index in [1.54, 1.807) is 12.1 Å². The summed E-state index contributed by atoms with van der Waals surface area (Å²) in [4.78, 5) is 15.2. The average Bonchev–Trinajstić information content (AvgIpc) is 2.70. The zero-order valence-corrected chi connectivity index (χ0v) is 18.2. The van der Waals surface area contributed by atoms with Crippen LogP contribution in [0, 0.1) is 11.7 Å². The van der Waals surface area contributed by atoms with E-state index in [4.69, 9.17) is 16.3 Å². The summed E-state index contributed by atoms with van der Waals surface area (Å²) >= 11 is 6.16. The molecule has 2 heterocycles. The van der Waals surface area contributed by atoms with Gasteiger partial charge in [0.1, 0.15) is 17.2 Å². The maximum Gasteiger partial charge on any atom is 0.223 e. The molecule has 1 N–H and O–H groups in total. The fraction of sp³-hybridized carbons (Fsp3) is 0.458. The van der Waals surface area contributed by atoms with E-state index in [9.17, 15) is 9.18 Å². The summed E-state index contributed by atoms with van der Waals surface area (Å²) in [7, 11) is 0. The highest BCUT2D eigenvalue weighted by molar-refractivity contribution is 6.31. The minimum Gasteiger partial charge on any atom is -0.487 e. The zero-order valence-electron chi connectivity index (χ0n) is 17.5. The second-order valence-corrected chi connectivity index (χ2v) is 9.32. The van der Waals surface area contributed by atoms with Crippen molar-refractivity contribution >= 4 is 17.5 Å². The summed E-state index contributed by atoms with van der Waals surface area (Å²) < 4.78 is 20.1. The molecule has 1 atom stereocenters. The highest BCUT2D eigenvalue weighted by Gasteiger charge is 2.36. The molecule has 1 amide bonds. The Balaban J connectivity index is 1.36. The number of rotatable bonds is 4. The van der Waals surface area contributed by atoms with Crippen LogP contribution in [0.15, 0.2) is 42.5 Å². The molecule has 4 rings (SSSR count). The number of amides is 1. The third-order valence-corrected chi connectivity index (χ3v) is 6.45. The zero-order chi connectivity index (χ0) is 21.3. The molecule has 0 radical (unpaired) electrons. The SMILES string of the molecule is CC1(C)CC(NC(=O)C2CCN(Cc3c(F)cccc3Cl)CC2)c2ccccc2O1. The van der Waals surface area contributed by atoms with Gasteiger partial charge in [0.15, 0.2) is 0 Å². The number of ether oxygens (including phenoxy) is 1. The van der Waals surface area contributed by atoms with Gasteiger partial charge in [0.2, 0.25) is 5.91 Å². The number of benzene rings is 2. The number of hydrogen-bond donors (Lipinski definition) is 1. The van der Waals surface area contributed by atoms with Gasteiger partial charge in [-0.25, -0.2) is 4.39 Å². The van der Waals surface area contributed by atoms with Gasteiger partial charge >= 0.3 is 0 Å². The van der Waals surface area contributed by atoms with Crippen LogP contribution >= 0.6 is 11.6 Å². The van der Waals surface area contributed by atoms with Gasteiger partial charge in [0, 0.05) is 35.0 Å². The highest BCUT2D eigenvalue weighted by atomic mass is 35.5. The number of halogens is 2. The Hall–Kier alpha value is -2.11. The number of carbonyl (C=O) groups excluding carboxylic acids is 1. The van der Waals surface area contributed by atoms with Crippen molar-refractivity contribution in [3.8, 4) is 5.75 Å². The molecule has 2 aromatic rings. The molecule has 6 heteroatoms. The lowest BCUT2D eigenvalue weighted by Gasteiger charge is -2.39.